The van der Waals surface area contributed by atoms with Gasteiger partial charge in [-0.15, -0.1) is 0 Å². The maximum absolute atomic E-state index is 13.9. The fraction of sp³-hybridized carbons (Fsp3) is 0.559. The highest BCUT2D eigenvalue weighted by atomic mass is 16.5. The van der Waals surface area contributed by atoms with Crippen molar-refractivity contribution in [1.29, 1.82) is 0 Å². The Hall–Kier alpha value is -2.99. The number of methoxy groups -OCH3 is 3. The van der Waals surface area contributed by atoms with E-state index in [0.717, 1.165) is 62.1 Å². The smallest absolute Gasteiger partial charge is 0.203 e. The van der Waals surface area contributed by atoms with E-state index in [0.29, 0.717) is 40.8 Å². The molecule has 1 heterocycles. The average Bonchev–Trinajstić information content (AvgIpc) is 3.58. The minimum atomic E-state index is -0.288. The van der Waals surface area contributed by atoms with Gasteiger partial charge < -0.3 is 18.9 Å². The monoisotopic (exact) mass is 545 g/mol. The maximum atomic E-state index is 13.9. The van der Waals surface area contributed by atoms with E-state index in [1.807, 2.05) is 18.2 Å². The van der Waals surface area contributed by atoms with Crippen molar-refractivity contribution in [2.24, 2.45) is 17.3 Å². The number of hydrogen-bond acceptors (Lipinski definition) is 6. The molecule has 4 atom stereocenters. The SMILES string of the molecule is COc1cc(C=C2C[C@H]3[C@@H]4CCc5cc(OCCN6CCCC6)ccc5[C@H]4CC[C@]3(C)C2=O)cc(OC)c1OC. The molecule has 3 aliphatic carbocycles. The second-order valence-corrected chi connectivity index (χ2v) is 12.3. The van der Waals surface area contributed by atoms with Gasteiger partial charge in [0.1, 0.15) is 12.4 Å². The van der Waals surface area contributed by atoms with Crippen molar-refractivity contribution in [3.63, 3.8) is 0 Å². The lowest BCUT2D eigenvalue weighted by atomic mass is 9.55. The summed E-state index contributed by atoms with van der Waals surface area (Å²) in [4.78, 5) is 16.4. The molecule has 0 amide bonds. The summed E-state index contributed by atoms with van der Waals surface area (Å²) in [5.74, 6) is 4.51. The molecule has 4 aliphatic rings. The quantitative estimate of drug-likeness (QED) is 0.363. The minimum absolute atomic E-state index is 0.288. The first-order valence-electron chi connectivity index (χ1n) is 15.0. The number of aryl methyl sites for hydroxylation is 1. The van der Waals surface area contributed by atoms with Crippen molar-refractivity contribution >= 4 is 11.9 Å². The van der Waals surface area contributed by atoms with Crippen molar-refractivity contribution in [3.8, 4) is 23.0 Å². The number of hydrogen-bond donors (Lipinski definition) is 0. The number of likely N-dealkylation sites (tertiary alicyclic amines) is 1. The van der Waals surface area contributed by atoms with Crippen molar-refractivity contribution in [2.75, 3.05) is 47.6 Å². The molecule has 1 saturated heterocycles. The number of ketones is 1. The van der Waals surface area contributed by atoms with E-state index in [1.54, 1.807) is 21.3 Å². The Kier molecular flexibility index (Phi) is 7.56. The number of rotatable bonds is 8. The van der Waals surface area contributed by atoms with Crippen LogP contribution in [0.3, 0.4) is 0 Å². The summed E-state index contributed by atoms with van der Waals surface area (Å²) in [6.45, 7) is 6.41. The van der Waals surface area contributed by atoms with Gasteiger partial charge >= 0.3 is 0 Å². The first-order chi connectivity index (χ1) is 19.4. The Morgan fingerprint density at radius 2 is 1.75 bits per heavy atom. The van der Waals surface area contributed by atoms with E-state index < -0.39 is 0 Å². The zero-order chi connectivity index (χ0) is 27.9. The number of Topliss-reactive ketones (excluding diaryl/α,β-unsaturated/α-hetero) is 1. The third-order valence-corrected chi connectivity index (χ3v) is 10.2. The lowest BCUT2D eigenvalue weighted by molar-refractivity contribution is -0.127. The van der Waals surface area contributed by atoms with Gasteiger partial charge in [-0.1, -0.05) is 13.0 Å². The second-order valence-electron chi connectivity index (χ2n) is 12.3. The van der Waals surface area contributed by atoms with Gasteiger partial charge in [0, 0.05) is 12.0 Å². The first kappa shape index (κ1) is 27.2. The molecule has 214 valence electrons. The Morgan fingerprint density at radius 1 is 1.00 bits per heavy atom. The van der Waals surface area contributed by atoms with Gasteiger partial charge in [0.2, 0.25) is 5.75 Å². The van der Waals surface area contributed by atoms with E-state index >= 15 is 0 Å². The number of carbonyl (C=O) groups excluding carboxylic acids is 1. The molecule has 0 N–H and O–H groups in total. The molecule has 40 heavy (non-hydrogen) atoms. The molecule has 2 saturated carbocycles. The summed E-state index contributed by atoms with van der Waals surface area (Å²) in [6.07, 6.45) is 9.73. The van der Waals surface area contributed by atoms with Crippen LogP contribution in [0.2, 0.25) is 0 Å². The molecule has 0 aromatic heterocycles. The van der Waals surface area contributed by atoms with Crippen LogP contribution >= 0.6 is 0 Å². The number of ether oxygens (including phenoxy) is 4. The lowest BCUT2D eigenvalue weighted by Gasteiger charge is -2.48. The Balaban J connectivity index is 1.20. The van der Waals surface area contributed by atoms with Crippen LogP contribution in [0.25, 0.3) is 6.08 Å². The highest BCUT2D eigenvalue weighted by molar-refractivity contribution is 6.06. The van der Waals surface area contributed by atoms with Crippen molar-refractivity contribution in [1.82, 2.24) is 4.90 Å². The number of allylic oxidation sites excluding steroid dienone is 1. The minimum Gasteiger partial charge on any atom is -0.493 e. The van der Waals surface area contributed by atoms with Crippen LogP contribution in [-0.2, 0) is 11.2 Å². The zero-order valence-corrected chi connectivity index (χ0v) is 24.5. The molecule has 0 bridgehead atoms. The maximum Gasteiger partial charge on any atom is 0.203 e. The second kappa shape index (κ2) is 11.1. The predicted octanol–water partition coefficient (Wildman–Crippen LogP) is 6.31. The third-order valence-electron chi connectivity index (χ3n) is 10.2. The summed E-state index contributed by atoms with van der Waals surface area (Å²) in [6, 6.07) is 10.6. The van der Waals surface area contributed by atoms with Crippen LogP contribution < -0.4 is 18.9 Å². The van der Waals surface area contributed by atoms with Gasteiger partial charge in [0.15, 0.2) is 17.3 Å². The Morgan fingerprint density at radius 3 is 2.45 bits per heavy atom. The van der Waals surface area contributed by atoms with E-state index in [9.17, 15) is 4.79 Å². The van der Waals surface area contributed by atoms with Gasteiger partial charge in [0.05, 0.1) is 21.3 Å². The summed E-state index contributed by atoms with van der Waals surface area (Å²) in [7, 11) is 4.84. The lowest BCUT2D eigenvalue weighted by Crippen LogP contribution is -2.42. The molecular weight excluding hydrogens is 502 g/mol. The summed E-state index contributed by atoms with van der Waals surface area (Å²) in [5, 5.41) is 0. The molecule has 6 nitrogen and oxygen atoms in total. The van der Waals surface area contributed by atoms with Gasteiger partial charge in [0.25, 0.3) is 0 Å². The standard InChI is InChI=1S/C34H43NO5/c1-34-12-11-27-26-10-8-25(40-16-15-35-13-5-6-14-35)20-23(26)7-9-28(27)29(34)21-24(33(34)36)17-22-18-30(37-2)32(39-4)31(19-22)38-3/h8,10,17-20,27-29H,5-7,9,11-16,21H2,1-4H3/t27-,28-,29+,34+/m1/s1. The molecule has 6 heteroatoms. The van der Waals surface area contributed by atoms with E-state index in [4.69, 9.17) is 18.9 Å². The van der Waals surface area contributed by atoms with Crippen molar-refractivity contribution in [3.05, 3.63) is 52.6 Å². The van der Waals surface area contributed by atoms with Gasteiger partial charge in [-0.3, -0.25) is 9.69 Å². The van der Waals surface area contributed by atoms with E-state index in [2.05, 4.69) is 30.0 Å². The van der Waals surface area contributed by atoms with Gasteiger partial charge in [-0.05, 0) is 128 Å². The molecule has 0 radical (unpaired) electrons. The molecule has 1 aliphatic heterocycles. The topological polar surface area (TPSA) is 57.2 Å². The molecule has 0 unspecified atom stereocenters. The summed E-state index contributed by atoms with van der Waals surface area (Å²) >= 11 is 0. The fourth-order valence-electron chi connectivity index (χ4n) is 8.13. The number of carbonyl (C=O) groups is 1. The van der Waals surface area contributed by atoms with Gasteiger partial charge in [-0.2, -0.15) is 0 Å². The molecule has 6 rings (SSSR count). The van der Waals surface area contributed by atoms with Crippen molar-refractivity contribution < 1.29 is 23.7 Å². The summed E-state index contributed by atoms with van der Waals surface area (Å²) < 4.78 is 22.8. The molecule has 2 aromatic carbocycles. The van der Waals surface area contributed by atoms with Crippen LogP contribution in [0.4, 0.5) is 0 Å². The normalized spacial score (nSPS) is 28.6. The Labute approximate surface area is 238 Å². The number of fused-ring (bicyclic) bond motifs is 5. The predicted molar refractivity (Wildman–Crippen MR) is 157 cm³/mol. The fourth-order valence-corrected chi connectivity index (χ4v) is 8.13. The van der Waals surface area contributed by atoms with Crippen LogP contribution in [0.1, 0.15) is 68.1 Å². The van der Waals surface area contributed by atoms with Crippen LogP contribution in [-0.4, -0.2) is 58.3 Å². The van der Waals surface area contributed by atoms with Gasteiger partial charge in [-0.25, -0.2) is 0 Å². The molecule has 2 aromatic rings. The van der Waals surface area contributed by atoms with Crippen LogP contribution in [0, 0.1) is 17.3 Å². The average molecular weight is 546 g/mol. The third kappa shape index (κ3) is 4.78. The summed E-state index contributed by atoms with van der Waals surface area (Å²) in [5.41, 5.74) is 4.47. The van der Waals surface area contributed by atoms with Crippen LogP contribution in [0.15, 0.2) is 35.9 Å². The highest BCUT2D eigenvalue weighted by Crippen LogP contribution is 2.61. The molecular formula is C34H43NO5. The van der Waals surface area contributed by atoms with E-state index in [1.165, 1.54) is 37.1 Å². The highest BCUT2D eigenvalue weighted by Gasteiger charge is 2.56. The molecule has 0 spiro atoms. The number of nitrogens with zero attached hydrogens (tertiary/aromatic N) is 1. The zero-order valence-electron chi connectivity index (χ0n) is 24.5. The largest absolute Gasteiger partial charge is 0.493 e. The van der Waals surface area contributed by atoms with Crippen LogP contribution in [0.5, 0.6) is 23.0 Å². The Bertz CT molecular complexity index is 1270. The van der Waals surface area contributed by atoms with E-state index in [-0.39, 0.29) is 5.41 Å². The molecule has 3 fully saturated rings. The first-order valence-corrected chi connectivity index (χ1v) is 15.0. The number of benzene rings is 2. The van der Waals surface area contributed by atoms with Crippen molar-refractivity contribution in [2.45, 2.75) is 57.8 Å².